The van der Waals surface area contributed by atoms with E-state index in [0.717, 1.165) is 6.42 Å². The van der Waals surface area contributed by atoms with Crippen molar-refractivity contribution in [3.05, 3.63) is 12.1 Å². The molecule has 0 heterocycles. The molecule has 0 amide bonds. The van der Waals surface area contributed by atoms with Crippen molar-refractivity contribution in [2.45, 2.75) is 26.2 Å². The third kappa shape index (κ3) is 7.59. The number of unbranched alkanes of at least 4 members (excludes halogenated alkanes) is 1. The first-order valence-corrected chi connectivity index (χ1v) is 3.36. The molecule has 0 saturated heterocycles. The maximum absolute atomic E-state index is 11.7. The second kappa shape index (κ2) is 6.72. The molecular weight excluding hydrogens is 179 g/mol. The van der Waals surface area contributed by atoms with Crippen LogP contribution in [0.1, 0.15) is 26.2 Å². The minimum Gasteiger partial charge on any atom is -0.445 e. The number of halogens is 3. The van der Waals surface area contributed by atoms with Gasteiger partial charge in [-0.2, -0.15) is 0 Å². The molecule has 60 valence electrons. The Morgan fingerprint density at radius 2 is 1.82 bits per heavy atom. The molecule has 0 saturated carbocycles. The summed E-state index contributed by atoms with van der Waals surface area (Å²) >= 11 is 0. The molecule has 0 unspecified atom stereocenters. The maximum Gasteiger partial charge on any atom is 1.00 e. The summed E-state index contributed by atoms with van der Waals surface area (Å²) in [5.41, 5.74) is -0.554. The zero-order chi connectivity index (χ0) is 8.20. The van der Waals surface area contributed by atoms with Gasteiger partial charge in [0, 0.05) is 0 Å². The second-order valence-electron chi connectivity index (χ2n) is 2.34. The summed E-state index contributed by atoms with van der Waals surface area (Å²) in [7, 11) is 0. The quantitative estimate of drug-likeness (QED) is 0.552. The molecule has 11 heavy (non-hydrogen) atoms. The van der Waals surface area contributed by atoms with E-state index in [2.05, 4.69) is 6.58 Å². The van der Waals surface area contributed by atoms with Gasteiger partial charge >= 0.3 is 58.4 Å². The first-order chi connectivity index (χ1) is 4.48. The molecule has 0 aliphatic heterocycles. The van der Waals surface area contributed by atoms with Crippen LogP contribution in [0.5, 0.6) is 0 Å². The van der Waals surface area contributed by atoms with Gasteiger partial charge in [-0.05, 0) is 0 Å². The van der Waals surface area contributed by atoms with E-state index in [9.17, 15) is 12.9 Å². The Bertz CT molecular complexity index is 121. The van der Waals surface area contributed by atoms with Gasteiger partial charge in [0.2, 0.25) is 0 Å². The molecule has 0 aliphatic carbocycles. The zero-order valence-electron chi connectivity index (χ0n) is 7.04. The van der Waals surface area contributed by atoms with Gasteiger partial charge in [0.1, 0.15) is 0 Å². The standard InChI is InChI=1S/C6H11BF3.K/c1-3-4-5-6(2)7(8,9)10;/h2-5H2,1H3;/q-1;+1. The molecule has 0 aromatic rings. The minimum absolute atomic E-state index is 0. The van der Waals surface area contributed by atoms with Crippen LogP contribution in [0.4, 0.5) is 12.9 Å². The molecule has 5 heteroatoms. The molecule has 0 bridgehead atoms. The molecule has 0 aliphatic rings. The summed E-state index contributed by atoms with van der Waals surface area (Å²) in [5, 5.41) is 0. The topological polar surface area (TPSA) is 0 Å². The molecule has 0 spiro atoms. The Morgan fingerprint density at radius 1 is 1.36 bits per heavy atom. The fraction of sp³-hybridized carbons (Fsp3) is 0.667. The Labute approximate surface area is 108 Å². The normalized spacial score (nSPS) is 10.5. The van der Waals surface area contributed by atoms with Crippen LogP contribution in [0, 0.1) is 0 Å². The fourth-order valence-corrected chi connectivity index (χ4v) is 0.568. The molecule has 0 rings (SSSR count). The number of hydrogen-bond donors (Lipinski definition) is 0. The van der Waals surface area contributed by atoms with Gasteiger partial charge in [-0.25, -0.2) is 0 Å². The van der Waals surface area contributed by atoms with Crippen molar-refractivity contribution < 1.29 is 64.3 Å². The van der Waals surface area contributed by atoms with Crippen molar-refractivity contribution in [2.24, 2.45) is 0 Å². The summed E-state index contributed by atoms with van der Waals surface area (Å²) in [5.74, 6) is 0. The van der Waals surface area contributed by atoms with E-state index in [1.165, 1.54) is 0 Å². The molecule has 0 fully saturated rings. The SMILES string of the molecule is C=C(CCCC)[B-](F)(F)F.[K+]. The predicted octanol–water partition coefficient (Wildman–Crippen LogP) is 0.123. The van der Waals surface area contributed by atoms with Crippen molar-refractivity contribution in [3.63, 3.8) is 0 Å². The van der Waals surface area contributed by atoms with Crippen molar-refractivity contribution >= 4 is 6.98 Å². The monoisotopic (exact) mass is 190 g/mol. The maximum atomic E-state index is 11.7. The fourth-order valence-electron chi connectivity index (χ4n) is 0.568. The van der Waals surface area contributed by atoms with Crippen LogP contribution in [0.15, 0.2) is 12.1 Å². The minimum atomic E-state index is -4.77. The third-order valence-electron chi connectivity index (χ3n) is 1.31. The predicted molar refractivity (Wildman–Crippen MR) is 37.7 cm³/mol. The molecule has 0 radical (unpaired) electrons. The van der Waals surface area contributed by atoms with E-state index in [1.54, 1.807) is 0 Å². The third-order valence-corrected chi connectivity index (χ3v) is 1.31. The Kier molecular flexibility index (Phi) is 9.00. The van der Waals surface area contributed by atoms with Crippen molar-refractivity contribution in [1.29, 1.82) is 0 Å². The van der Waals surface area contributed by atoms with Crippen LogP contribution in [0.25, 0.3) is 0 Å². The van der Waals surface area contributed by atoms with Crippen LogP contribution in [-0.4, -0.2) is 6.98 Å². The van der Waals surface area contributed by atoms with Gasteiger partial charge in [0.15, 0.2) is 0 Å². The van der Waals surface area contributed by atoms with Crippen LogP contribution in [0.3, 0.4) is 0 Å². The summed E-state index contributed by atoms with van der Waals surface area (Å²) < 4.78 is 35.2. The number of rotatable bonds is 4. The van der Waals surface area contributed by atoms with E-state index < -0.39 is 12.4 Å². The van der Waals surface area contributed by atoms with E-state index in [1.807, 2.05) is 6.92 Å². The van der Waals surface area contributed by atoms with Gasteiger partial charge in [0.25, 0.3) is 0 Å². The van der Waals surface area contributed by atoms with Gasteiger partial charge in [-0.3, -0.25) is 0 Å². The zero-order valence-corrected chi connectivity index (χ0v) is 10.2. The molecule has 0 aromatic heterocycles. The first kappa shape index (κ1) is 14.7. The summed E-state index contributed by atoms with van der Waals surface area (Å²) in [6.07, 6.45) is 1.46. The summed E-state index contributed by atoms with van der Waals surface area (Å²) in [4.78, 5) is 0. The van der Waals surface area contributed by atoms with E-state index in [0.29, 0.717) is 6.42 Å². The number of allylic oxidation sites excluding steroid dienone is 1. The van der Waals surface area contributed by atoms with Gasteiger partial charge in [-0.15, -0.1) is 12.1 Å². The average Bonchev–Trinajstić information content (AvgIpc) is 1.80. The Balaban J connectivity index is 0. The average molecular weight is 190 g/mol. The van der Waals surface area contributed by atoms with Crippen LogP contribution < -0.4 is 51.4 Å². The van der Waals surface area contributed by atoms with Crippen molar-refractivity contribution in [3.8, 4) is 0 Å². The van der Waals surface area contributed by atoms with Gasteiger partial charge in [0.05, 0.1) is 0 Å². The molecule has 0 atom stereocenters. The van der Waals surface area contributed by atoms with E-state index in [4.69, 9.17) is 0 Å². The van der Waals surface area contributed by atoms with Gasteiger partial charge in [-0.1, -0.05) is 26.2 Å². The van der Waals surface area contributed by atoms with E-state index >= 15 is 0 Å². The van der Waals surface area contributed by atoms with E-state index in [-0.39, 0.29) is 57.8 Å². The van der Waals surface area contributed by atoms with Crippen molar-refractivity contribution in [2.75, 3.05) is 0 Å². The molecular formula is C6H11BF3K. The van der Waals surface area contributed by atoms with Crippen LogP contribution >= 0.6 is 0 Å². The second-order valence-corrected chi connectivity index (χ2v) is 2.34. The Hall–Kier alpha value is 1.23. The molecule has 0 N–H and O–H groups in total. The van der Waals surface area contributed by atoms with Crippen LogP contribution in [0.2, 0.25) is 0 Å². The summed E-state index contributed by atoms with van der Waals surface area (Å²) in [6, 6.07) is 0. The van der Waals surface area contributed by atoms with Crippen LogP contribution in [-0.2, 0) is 0 Å². The largest absolute Gasteiger partial charge is 1.00 e. The summed E-state index contributed by atoms with van der Waals surface area (Å²) in [6.45, 7) is 0.0506. The Morgan fingerprint density at radius 3 is 2.09 bits per heavy atom. The molecule has 0 aromatic carbocycles. The molecule has 0 nitrogen and oxygen atoms in total. The smallest absolute Gasteiger partial charge is 0.445 e. The number of hydrogen-bond acceptors (Lipinski definition) is 0. The first-order valence-electron chi connectivity index (χ1n) is 3.36. The van der Waals surface area contributed by atoms with Gasteiger partial charge < -0.3 is 12.9 Å². The van der Waals surface area contributed by atoms with Crippen molar-refractivity contribution in [1.82, 2.24) is 0 Å².